The summed E-state index contributed by atoms with van der Waals surface area (Å²) in [5.41, 5.74) is 10.7. The summed E-state index contributed by atoms with van der Waals surface area (Å²) in [6.07, 6.45) is -4.73. The zero-order chi connectivity index (χ0) is 49.0. The van der Waals surface area contributed by atoms with E-state index in [-0.39, 0.29) is 32.9 Å². The van der Waals surface area contributed by atoms with Gasteiger partial charge in [-0.25, -0.2) is 4.85 Å². The second-order valence-corrected chi connectivity index (χ2v) is 22.5. The monoisotopic (exact) mass is 902 g/mol. The number of fused-ring (bicyclic) bond motifs is 6. The van der Waals surface area contributed by atoms with Gasteiger partial charge in [-0.3, -0.25) is 0 Å². The molecule has 9 aromatic rings. The van der Waals surface area contributed by atoms with Crippen LogP contribution >= 0.6 is 0 Å². The molecule has 0 amide bonds. The molecule has 7 heteroatoms. The Hall–Kier alpha value is -7.09. The van der Waals surface area contributed by atoms with Gasteiger partial charge in [-0.2, -0.15) is 18.4 Å². The Morgan fingerprint density at radius 2 is 0.824 bits per heavy atom. The first-order chi connectivity index (χ1) is 31.8. The summed E-state index contributed by atoms with van der Waals surface area (Å²) in [6.45, 7) is 34.1. The van der Waals surface area contributed by atoms with E-state index in [2.05, 4.69) is 176 Å². The highest BCUT2D eigenvalue weighted by Crippen LogP contribution is 2.47. The first-order valence-electron chi connectivity index (χ1n) is 23.2. The lowest BCUT2D eigenvalue weighted by Gasteiger charge is -2.22. The van der Waals surface area contributed by atoms with Crippen LogP contribution in [0.25, 0.3) is 82.1 Å². The van der Waals surface area contributed by atoms with Crippen LogP contribution in [0.4, 0.5) is 18.9 Å². The van der Waals surface area contributed by atoms with Gasteiger partial charge < -0.3 is 9.13 Å². The van der Waals surface area contributed by atoms with E-state index in [1.54, 1.807) is 6.07 Å². The van der Waals surface area contributed by atoms with Crippen molar-refractivity contribution in [2.45, 2.75) is 111 Å². The van der Waals surface area contributed by atoms with Gasteiger partial charge in [-0.15, -0.1) is 0 Å². The summed E-state index contributed by atoms with van der Waals surface area (Å²) < 4.78 is 49.7. The highest BCUT2D eigenvalue weighted by molar-refractivity contribution is 6.12. The Balaban J connectivity index is 1.45. The third-order valence-electron chi connectivity index (χ3n) is 13.6. The van der Waals surface area contributed by atoms with Gasteiger partial charge in [0.15, 0.2) is 5.69 Å². The van der Waals surface area contributed by atoms with E-state index in [9.17, 15) is 5.26 Å². The number of nitriles is 1. The third kappa shape index (κ3) is 7.92. The first kappa shape index (κ1) is 46.0. The van der Waals surface area contributed by atoms with Crippen molar-refractivity contribution in [1.82, 2.24) is 9.13 Å². The molecule has 0 N–H and O–H groups in total. The van der Waals surface area contributed by atoms with Crippen molar-refractivity contribution in [3.05, 3.63) is 172 Å². The molecule has 7 aromatic carbocycles. The number of benzene rings is 7. The molecular formula is C61H57F3N4. The molecular weight excluding hydrogens is 846 g/mol. The smallest absolute Gasteiger partial charge is 0.309 e. The Bertz CT molecular complexity index is 3470. The molecule has 9 rings (SSSR count). The van der Waals surface area contributed by atoms with Gasteiger partial charge in [0, 0.05) is 32.7 Å². The molecule has 0 saturated carbocycles. The summed E-state index contributed by atoms with van der Waals surface area (Å²) in [6, 6.07) is 43.8. The van der Waals surface area contributed by atoms with Gasteiger partial charge in [0.05, 0.1) is 57.2 Å². The number of hydrogen-bond acceptors (Lipinski definition) is 1. The van der Waals surface area contributed by atoms with Gasteiger partial charge in [-0.1, -0.05) is 126 Å². The standard InChI is InChI=1S/C61H57F3N4/c1-57(2,3)38-16-24-53-46(30-38)47-31-39(58(4,5)6)17-25-54(47)67(53)51-22-14-36(35-65)28-44(51)45-29-37(43-21-20-42(66-13)34-50(43)61(62,63)64)15-23-52(45)68-55-26-18-40(59(7,8)9)32-48(55)49-33-41(60(10,11)12)19-27-56(49)68/h14-34H,1-12H3. The minimum Gasteiger partial charge on any atom is -0.309 e. The molecule has 0 spiro atoms. The fourth-order valence-electron chi connectivity index (χ4n) is 9.65. The van der Waals surface area contributed by atoms with Gasteiger partial charge in [-0.05, 0) is 140 Å². The maximum Gasteiger partial charge on any atom is 0.415 e. The van der Waals surface area contributed by atoms with Crippen molar-refractivity contribution in [1.29, 1.82) is 5.26 Å². The molecule has 2 heterocycles. The van der Waals surface area contributed by atoms with E-state index in [0.29, 0.717) is 22.3 Å². The zero-order valence-corrected chi connectivity index (χ0v) is 41.0. The number of rotatable bonds is 4. The van der Waals surface area contributed by atoms with Crippen LogP contribution < -0.4 is 0 Å². The molecule has 0 aliphatic rings. The van der Waals surface area contributed by atoms with Gasteiger partial charge in [0.2, 0.25) is 0 Å². The van der Waals surface area contributed by atoms with E-state index >= 15 is 13.2 Å². The SMILES string of the molecule is [C-]#[N+]c1ccc(-c2ccc(-n3c4ccc(C(C)(C)C)cc4c4cc(C(C)(C)C)ccc43)c(-c3cc(C#N)ccc3-n3c4ccc(C(C)(C)C)cc4c4cc(C(C)(C)C)ccc43)c2)c(C(F)(F)F)c1. The maximum absolute atomic E-state index is 15.1. The third-order valence-corrected chi connectivity index (χ3v) is 13.6. The van der Waals surface area contributed by atoms with E-state index in [1.165, 1.54) is 34.4 Å². The quantitative estimate of drug-likeness (QED) is 0.162. The number of nitrogens with zero attached hydrogens (tertiary/aromatic N) is 4. The van der Waals surface area contributed by atoms with E-state index in [0.717, 1.165) is 61.1 Å². The van der Waals surface area contributed by atoms with Crippen LogP contribution in [0.15, 0.2) is 127 Å². The fraction of sp³-hybridized carbons (Fsp3) is 0.279. The molecule has 2 aromatic heterocycles. The zero-order valence-electron chi connectivity index (χ0n) is 41.0. The van der Waals surface area contributed by atoms with E-state index < -0.39 is 11.7 Å². The predicted molar refractivity (Wildman–Crippen MR) is 277 cm³/mol. The second-order valence-electron chi connectivity index (χ2n) is 22.5. The molecule has 0 aliphatic carbocycles. The number of hydrogen-bond donors (Lipinski definition) is 0. The number of halogens is 3. The summed E-state index contributed by atoms with van der Waals surface area (Å²) in [4.78, 5) is 3.35. The van der Waals surface area contributed by atoms with Crippen LogP contribution in [0.1, 0.15) is 116 Å². The Kier molecular flexibility index (Phi) is 10.7. The molecule has 4 nitrogen and oxygen atoms in total. The van der Waals surface area contributed by atoms with Crippen LogP contribution in [0.5, 0.6) is 0 Å². The van der Waals surface area contributed by atoms with Gasteiger partial charge >= 0.3 is 6.18 Å². The summed E-state index contributed by atoms with van der Waals surface area (Å²) in [5.74, 6) is 0. The van der Waals surface area contributed by atoms with Crippen LogP contribution in [0.3, 0.4) is 0 Å². The second kappa shape index (κ2) is 15.7. The van der Waals surface area contributed by atoms with Crippen molar-refractivity contribution in [3.8, 4) is 39.7 Å². The van der Waals surface area contributed by atoms with Crippen molar-refractivity contribution < 1.29 is 13.2 Å². The minimum atomic E-state index is -4.73. The van der Waals surface area contributed by atoms with Crippen molar-refractivity contribution in [3.63, 3.8) is 0 Å². The number of alkyl halides is 3. The Labute approximate surface area is 398 Å². The highest BCUT2D eigenvalue weighted by Gasteiger charge is 2.34. The van der Waals surface area contributed by atoms with Gasteiger partial charge in [0.25, 0.3) is 0 Å². The first-order valence-corrected chi connectivity index (χ1v) is 23.2. The van der Waals surface area contributed by atoms with Crippen LogP contribution in [0.2, 0.25) is 0 Å². The summed E-state index contributed by atoms with van der Waals surface area (Å²) >= 11 is 0. The molecule has 0 unspecified atom stereocenters. The predicted octanol–water partition coefficient (Wildman–Crippen LogP) is 17.8. The van der Waals surface area contributed by atoms with Gasteiger partial charge in [0.1, 0.15) is 0 Å². The maximum atomic E-state index is 15.1. The van der Waals surface area contributed by atoms with Crippen molar-refractivity contribution in [2.24, 2.45) is 0 Å². The summed E-state index contributed by atoms with van der Waals surface area (Å²) in [7, 11) is 0. The molecule has 0 bridgehead atoms. The van der Waals surface area contributed by atoms with Crippen LogP contribution in [-0.2, 0) is 27.8 Å². The summed E-state index contributed by atoms with van der Waals surface area (Å²) in [5, 5.41) is 14.9. The molecule has 0 radical (unpaired) electrons. The van der Waals surface area contributed by atoms with Crippen LogP contribution in [-0.4, -0.2) is 9.13 Å². The Morgan fingerprint density at radius 3 is 1.18 bits per heavy atom. The topological polar surface area (TPSA) is 38.0 Å². The Morgan fingerprint density at radius 1 is 0.441 bits per heavy atom. The average molecular weight is 903 g/mol. The lowest BCUT2D eigenvalue weighted by molar-refractivity contribution is -0.137. The van der Waals surface area contributed by atoms with E-state index in [1.807, 2.05) is 30.3 Å². The molecule has 0 aliphatic heterocycles. The highest BCUT2D eigenvalue weighted by atomic mass is 19.4. The lowest BCUT2D eigenvalue weighted by atomic mass is 9.85. The molecule has 342 valence electrons. The lowest BCUT2D eigenvalue weighted by Crippen LogP contribution is -2.10. The fourth-order valence-corrected chi connectivity index (χ4v) is 9.65. The minimum absolute atomic E-state index is 0.0381. The average Bonchev–Trinajstić information content (AvgIpc) is 3.78. The molecule has 0 fully saturated rings. The van der Waals surface area contributed by atoms with E-state index in [4.69, 9.17) is 6.57 Å². The molecule has 0 saturated heterocycles. The largest absolute Gasteiger partial charge is 0.415 e. The number of aromatic nitrogens is 2. The molecule has 68 heavy (non-hydrogen) atoms. The molecule has 0 atom stereocenters. The van der Waals surface area contributed by atoms with Crippen molar-refractivity contribution in [2.75, 3.05) is 0 Å². The normalized spacial score (nSPS) is 12.9. The van der Waals surface area contributed by atoms with Crippen LogP contribution in [0, 0.1) is 17.9 Å². The van der Waals surface area contributed by atoms with Crippen molar-refractivity contribution >= 4 is 49.3 Å².